The smallest absolute Gasteiger partial charge is 0.266 e. The SMILES string of the molecule is Cl.O=c1ccc(-c2cccs2)nn1CC1CCCNC1. The van der Waals surface area contributed by atoms with Crippen LogP contribution in [0.15, 0.2) is 34.4 Å². The summed E-state index contributed by atoms with van der Waals surface area (Å²) < 4.78 is 1.62. The van der Waals surface area contributed by atoms with Gasteiger partial charge in [0.15, 0.2) is 0 Å². The Morgan fingerprint density at radius 3 is 3.00 bits per heavy atom. The van der Waals surface area contributed by atoms with Crippen LogP contribution in [0.2, 0.25) is 0 Å². The average molecular weight is 312 g/mol. The number of nitrogens with one attached hydrogen (secondary N) is 1. The van der Waals surface area contributed by atoms with Crippen LogP contribution in [-0.2, 0) is 6.54 Å². The van der Waals surface area contributed by atoms with Gasteiger partial charge in [-0.05, 0) is 49.4 Å². The summed E-state index contributed by atoms with van der Waals surface area (Å²) in [6.07, 6.45) is 2.36. The summed E-state index contributed by atoms with van der Waals surface area (Å²) in [7, 11) is 0. The number of aromatic nitrogens is 2. The van der Waals surface area contributed by atoms with Crippen LogP contribution in [0, 0.1) is 5.92 Å². The summed E-state index contributed by atoms with van der Waals surface area (Å²) in [5.41, 5.74) is 0.879. The molecule has 2 aromatic heterocycles. The van der Waals surface area contributed by atoms with Gasteiger partial charge < -0.3 is 5.32 Å². The van der Waals surface area contributed by atoms with Gasteiger partial charge in [0.2, 0.25) is 0 Å². The number of halogens is 1. The molecule has 1 aliphatic rings. The number of nitrogens with zero attached hydrogens (tertiary/aromatic N) is 2. The molecule has 0 bridgehead atoms. The summed E-state index contributed by atoms with van der Waals surface area (Å²) in [6, 6.07) is 7.47. The molecule has 2 aromatic rings. The number of piperidine rings is 1. The standard InChI is InChI=1S/C14H17N3OS.ClH/c18-14-6-5-12(13-4-2-8-19-13)16-17(14)10-11-3-1-7-15-9-11;/h2,4-6,8,11,15H,1,3,7,9-10H2;1H. The fourth-order valence-corrected chi connectivity index (χ4v) is 3.15. The van der Waals surface area contributed by atoms with E-state index in [1.165, 1.54) is 12.8 Å². The van der Waals surface area contributed by atoms with Crippen LogP contribution >= 0.6 is 23.7 Å². The zero-order chi connectivity index (χ0) is 13.1. The van der Waals surface area contributed by atoms with Crippen molar-refractivity contribution in [2.45, 2.75) is 19.4 Å². The van der Waals surface area contributed by atoms with Gasteiger partial charge in [0.1, 0.15) is 5.69 Å². The van der Waals surface area contributed by atoms with Gasteiger partial charge >= 0.3 is 0 Å². The minimum atomic E-state index is -0.00844. The topological polar surface area (TPSA) is 46.9 Å². The Bertz CT molecular complexity index is 591. The second-order valence-corrected chi connectivity index (χ2v) is 5.88. The maximum absolute atomic E-state index is 11.9. The molecule has 1 fully saturated rings. The molecule has 0 spiro atoms. The lowest BCUT2D eigenvalue weighted by molar-refractivity contribution is 0.320. The maximum atomic E-state index is 11.9. The first-order chi connectivity index (χ1) is 9.33. The van der Waals surface area contributed by atoms with E-state index in [-0.39, 0.29) is 18.0 Å². The van der Waals surface area contributed by atoms with Crippen molar-refractivity contribution in [1.29, 1.82) is 0 Å². The van der Waals surface area contributed by atoms with Gasteiger partial charge in [-0.2, -0.15) is 5.10 Å². The lowest BCUT2D eigenvalue weighted by Gasteiger charge is -2.22. The monoisotopic (exact) mass is 311 g/mol. The van der Waals surface area contributed by atoms with Gasteiger partial charge in [-0.15, -0.1) is 23.7 Å². The van der Waals surface area contributed by atoms with Crippen LogP contribution in [-0.4, -0.2) is 22.9 Å². The molecule has 0 saturated carbocycles. The minimum absolute atomic E-state index is 0. The number of thiophene rings is 1. The Labute approximate surface area is 128 Å². The van der Waals surface area contributed by atoms with Crippen molar-refractivity contribution in [3.63, 3.8) is 0 Å². The molecular weight excluding hydrogens is 294 g/mol. The van der Waals surface area contributed by atoms with E-state index in [1.54, 1.807) is 22.1 Å². The first-order valence-electron chi connectivity index (χ1n) is 6.66. The Kier molecular flexibility index (Phi) is 5.34. The molecule has 0 aliphatic carbocycles. The Morgan fingerprint density at radius 2 is 2.30 bits per heavy atom. The Balaban J connectivity index is 0.00000147. The van der Waals surface area contributed by atoms with Crippen LogP contribution in [0.1, 0.15) is 12.8 Å². The maximum Gasteiger partial charge on any atom is 0.266 e. The minimum Gasteiger partial charge on any atom is -0.316 e. The first kappa shape index (κ1) is 15.2. The first-order valence-corrected chi connectivity index (χ1v) is 7.53. The molecule has 0 radical (unpaired) electrons. The van der Waals surface area contributed by atoms with Crippen molar-refractivity contribution in [1.82, 2.24) is 15.1 Å². The molecule has 6 heteroatoms. The van der Waals surface area contributed by atoms with Gasteiger partial charge in [0, 0.05) is 12.6 Å². The van der Waals surface area contributed by atoms with Crippen LogP contribution < -0.4 is 10.9 Å². The van der Waals surface area contributed by atoms with Crippen LogP contribution in [0.25, 0.3) is 10.6 Å². The Hall–Kier alpha value is -1.17. The molecule has 1 aliphatic heterocycles. The highest BCUT2D eigenvalue weighted by atomic mass is 35.5. The quantitative estimate of drug-likeness (QED) is 0.947. The third kappa shape index (κ3) is 3.48. The van der Waals surface area contributed by atoms with Gasteiger partial charge in [-0.25, -0.2) is 4.68 Å². The molecule has 3 rings (SSSR count). The Morgan fingerprint density at radius 1 is 1.40 bits per heavy atom. The van der Waals surface area contributed by atoms with E-state index in [1.807, 2.05) is 23.6 Å². The van der Waals surface area contributed by atoms with Crippen molar-refractivity contribution in [3.05, 3.63) is 40.0 Å². The lowest BCUT2D eigenvalue weighted by atomic mass is 10.00. The van der Waals surface area contributed by atoms with E-state index in [4.69, 9.17) is 0 Å². The number of hydrogen-bond donors (Lipinski definition) is 1. The normalized spacial score (nSPS) is 18.5. The van der Waals surface area contributed by atoms with E-state index in [0.717, 1.165) is 23.7 Å². The van der Waals surface area contributed by atoms with Crippen molar-refractivity contribution >= 4 is 23.7 Å². The van der Waals surface area contributed by atoms with Crippen LogP contribution in [0.5, 0.6) is 0 Å². The second kappa shape index (κ2) is 7.02. The highest BCUT2D eigenvalue weighted by molar-refractivity contribution is 7.13. The van der Waals surface area contributed by atoms with Crippen molar-refractivity contribution in [2.75, 3.05) is 13.1 Å². The molecule has 0 amide bonds. The predicted octanol–water partition coefficient (Wildman–Crippen LogP) is 2.39. The summed E-state index contributed by atoms with van der Waals surface area (Å²) in [5, 5.41) is 9.90. The number of rotatable bonds is 3. The van der Waals surface area contributed by atoms with E-state index in [0.29, 0.717) is 12.5 Å². The predicted molar refractivity (Wildman–Crippen MR) is 84.7 cm³/mol. The van der Waals surface area contributed by atoms with E-state index in [9.17, 15) is 4.79 Å². The molecular formula is C14H18ClN3OS. The fourth-order valence-electron chi connectivity index (χ4n) is 2.46. The summed E-state index contributed by atoms with van der Waals surface area (Å²) in [4.78, 5) is 13.0. The number of hydrogen-bond acceptors (Lipinski definition) is 4. The van der Waals surface area contributed by atoms with Gasteiger partial charge in [-0.3, -0.25) is 4.79 Å². The highest BCUT2D eigenvalue weighted by Crippen LogP contribution is 2.21. The van der Waals surface area contributed by atoms with E-state index >= 15 is 0 Å². The molecule has 1 atom stereocenters. The van der Waals surface area contributed by atoms with Gasteiger partial charge in [0.25, 0.3) is 5.56 Å². The molecule has 108 valence electrons. The summed E-state index contributed by atoms with van der Waals surface area (Å²) in [6.45, 7) is 2.79. The van der Waals surface area contributed by atoms with E-state index in [2.05, 4.69) is 10.4 Å². The highest BCUT2D eigenvalue weighted by Gasteiger charge is 2.15. The second-order valence-electron chi connectivity index (χ2n) is 4.93. The van der Waals surface area contributed by atoms with Crippen LogP contribution in [0.3, 0.4) is 0 Å². The third-order valence-corrected chi connectivity index (χ3v) is 4.36. The molecule has 1 N–H and O–H groups in total. The molecule has 0 aromatic carbocycles. The van der Waals surface area contributed by atoms with Gasteiger partial charge in [-0.1, -0.05) is 6.07 Å². The van der Waals surface area contributed by atoms with Crippen molar-refractivity contribution < 1.29 is 0 Å². The molecule has 1 unspecified atom stereocenters. The average Bonchev–Trinajstić information content (AvgIpc) is 2.96. The zero-order valence-corrected chi connectivity index (χ0v) is 12.8. The summed E-state index contributed by atoms with van der Waals surface area (Å²) >= 11 is 1.65. The lowest BCUT2D eigenvalue weighted by Crippen LogP contribution is -2.35. The van der Waals surface area contributed by atoms with Gasteiger partial charge in [0.05, 0.1) is 4.88 Å². The molecule has 3 heterocycles. The molecule has 4 nitrogen and oxygen atoms in total. The van der Waals surface area contributed by atoms with Crippen molar-refractivity contribution in [2.24, 2.45) is 5.92 Å². The molecule has 1 saturated heterocycles. The fraction of sp³-hybridized carbons (Fsp3) is 0.429. The van der Waals surface area contributed by atoms with Crippen molar-refractivity contribution in [3.8, 4) is 10.6 Å². The van der Waals surface area contributed by atoms with E-state index < -0.39 is 0 Å². The zero-order valence-electron chi connectivity index (χ0n) is 11.1. The molecule has 20 heavy (non-hydrogen) atoms. The van der Waals surface area contributed by atoms with Crippen LogP contribution in [0.4, 0.5) is 0 Å². The third-order valence-electron chi connectivity index (χ3n) is 3.47. The largest absolute Gasteiger partial charge is 0.316 e. The summed E-state index contributed by atoms with van der Waals surface area (Å²) in [5.74, 6) is 0.512.